The number of rotatable bonds is 9. The topological polar surface area (TPSA) is 107 Å². The molecule has 0 saturated heterocycles. The summed E-state index contributed by atoms with van der Waals surface area (Å²) in [6, 6.07) is 11.0. The van der Waals surface area contributed by atoms with Crippen molar-refractivity contribution in [1.29, 1.82) is 0 Å². The van der Waals surface area contributed by atoms with E-state index in [4.69, 9.17) is 15.2 Å². The molecule has 1 unspecified atom stereocenters. The number of ether oxygens (including phenoxy) is 2. The van der Waals surface area contributed by atoms with Crippen molar-refractivity contribution in [3.63, 3.8) is 0 Å². The molecule has 164 valence electrons. The van der Waals surface area contributed by atoms with Crippen molar-refractivity contribution in [1.82, 2.24) is 9.88 Å². The number of aliphatic imine (C=N–C) groups is 1. The first-order valence-corrected chi connectivity index (χ1v) is 10.1. The predicted molar refractivity (Wildman–Crippen MR) is 117 cm³/mol. The lowest BCUT2D eigenvalue weighted by Crippen LogP contribution is -2.47. The molecule has 2 N–H and O–H groups in total. The van der Waals surface area contributed by atoms with Gasteiger partial charge in [-0.2, -0.15) is 0 Å². The maximum Gasteiger partial charge on any atom is 0.231 e. The zero-order chi connectivity index (χ0) is 22.4. The Morgan fingerprint density at radius 2 is 2.06 bits per heavy atom. The first-order valence-electron chi connectivity index (χ1n) is 10.1. The lowest BCUT2D eigenvalue weighted by Gasteiger charge is -2.33. The molecule has 1 aliphatic heterocycles. The van der Waals surface area contributed by atoms with E-state index in [2.05, 4.69) is 9.98 Å². The largest absolute Gasteiger partial charge is 0.492 e. The molecule has 2 aromatic rings. The number of carbonyl (C=O) groups excluding carboxylic acids is 2. The summed E-state index contributed by atoms with van der Waals surface area (Å²) >= 11 is 0. The molecule has 1 amide bonds. The summed E-state index contributed by atoms with van der Waals surface area (Å²) in [5.41, 5.74) is 7.19. The van der Waals surface area contributed by atoms with E-state index in [0.29, 0.717) is 24.7 Å². The van der Waals surface area contributed by atoms with Crippen molar-refractivity contribution in [2.75, 3.05) is 27.4 Å². The minimum absolute atomic E-state index is 0.0924. The number of Topliss-reactive ketones (excluding diaryl/α,β-unsaturated/α-hetero) is 1. The summed E-state index contributed by atoms with van der Waals surface area (Å²) in [6.45, 7) is 3.03. The van der Waals surface area contributed by atoms with Crippen LogP contribution in [0.25, 0.3) is 0 Å². The van der Waals surface area contributed by atoms with Crippen LogP contribution in [0.3, 0.4) is 0 Å². The first kappa shape index (κ1) is 22.4. The van der Waals surface area contributed by atoms with Gasteiger partial charge in [-0.15, -0.1) is 0 Å². The highest BCUT2D eigenvalue weighted by atomic mass is 16.5. The minimum atomic E-state index is -0.757. The SMILES string of the molecule is COCCCOc1ccc(C(=O)Cc2cccc(C3(C)CC(=O)N(C)C(N)=N3)c2)nc1. The number of hydrogen-bond donors (Lipinski definition) is 1. The minimum Gasteiger partial charge on any atom is -0.492 e. The molecule has 2 heterocycles. The highest BCUT2D eigenvalue weighted by molar-refractivity contribution is 5.99. The molecule has 0 saturated carbocycles. The van der Waals surface area contributed by atoms with Gasteiger partial charge >= 0.3 is 0 Å². The van der Waals surface area contributed by atoms with Gasteiger partial charge < -0.3 is 15.2 Å². The van der Waals surface area contributed by atoms with Crippen molar-refractivity contribution >= 4 is 17.6 Å². The maximum absolute atomic E-state index is 12.7. The van der Waals surface area contributed by atoms with E-state index >= 15 is 0 Å². The number of ketones is 1. The molecule has 1 aromatic heterocycles. The van der Waals surface area contributed by atoms with Crippen LogP contribution in [-0.4, -0.2) is 54.9 Å². The Bertz CT molecular complexity index is 974. The summed E-state index contributed by atoms with van der Waals surface area (Å²) in [6.07, 6.45) is 2.75. The van der Waals surface area contributed by atoms with Crippen LogP contribution in [-0.2, 0) is 21.5 Å². The average molecular weight is 425 g/mol. The van der Waals surface area contributed by atoms with Crippen LogP contribution >= 0.6 is 0 Å². The molecule has 3 rings (SSSR count). The zero-order valence-electron chi connectivity index (χ0n) is 18.1. The van der Waals surface area contributed by atoms with Crippen LogP contribution in [0, 0.1) is 0 Å². The number of amides is 1. The van der Waals surface area contributed by atoms with Crippen LogP contribution < -0.4 is 10.5 Å². The summed E-state index contributed by atoms with van der Waals surface area (Å²) in [5.74, 6) is 0.611. The molecule has 1 atom stereocenters. The fraction of sp³-hybridized carbons (Fsp3) is 0.391. The van der Waals surface area contributed by atoms with Gasteiger partial charge in [0.15, 0.2) is 11.7 Å². The van der Waals surface area contributed by atoms with Crippen LogP contribution in [0.2, 0.25) is 0 Å². The van der Waals surface area contributed by atoms with Gasteiger partial charge in [0.1, 0.15) is 11.4 Å². The second-order valence-electron chi connectivity index (χ2n) is 7.75. The van der Waals surface area contributed by atoms with Gasteiger partial charge in [-0.25, -0.2) is 9.98 Å². The summed E-state index contributed by atoms with van der Waals surface area (Å²) in [5, 5.41) is 0. The summed E-state index contributed by atoms with van der Waals surface area (Å²) in [4.78, 5) is 35.1. The Morgan fingerprint density at radius 3 is 2.74 bits per heavy atom. The van der Waals surface area contributed by atoms with Gasteiger partial charge in [0.25, 0.3) is 0 Å². The Morgan fingerprint density at radius 1 is 1.26 bits per heavy atom. The molecular formula is C23H28N4O4. The number of guanidine groups is 1. The van der Waals surface area contributed by atoms with Crippen LogP contribution in [0.1, 0.15) is 41.4 Å². The number of nitrogens with zero attached hydrogens (tertiary/aromatic N) is 3. The molecule has 1 aliphatic rings. The number of hydrogen-bond acceptors (Lipinski definition) is 7. The fourth-order valence-electron chi connectivity index (χ4n) is 3.39. The van der Waals surface area contributed by atoms with E-state index in [0.717, 1.165) is 17.5 Å². The molecule has 31 heavy (non-hydrogen) atoms. The number of pyridine rings is 1. The highest BCUT2D eigenvalue weighted by Crippen LogP contribution is 2.33. The number of methoxy groups -OCH3 is 1. The summed E-state index contributed by atoms with van der Waals surface area (Å²) in [7, 11) is 3.26. The van der Waals surface area contributed by atoms with E-state index in [1.165, 1.54) is 4.90 Å². The number of nitrogens with two attached hydrogens (primary N) is 1. The number of carbonyl (C=O) groups is 2. The molecule has 0 fully saturated rings. The second kappa shape index (κ2) is 9.70. The van der Waals surface area contributed by atoms with Gasteiger partial charge in [-0.3, -0.25) is 14.5 Å². The normalized spacial score (nSPS) is 18.6. The third-order valence-corrected chi connectivity index (χ3v) is 5.27. The van der Waals surface area contributed by atoms with Crippen LogP contribution in [0.15, 0.2) is 47.6 Å². The fourth-order valence-corrected chi connectivity index (χ4v) is 3.39. The van der Waals surface area contributed by atoms with Crippen LogP contribution in [0.4, 0.5) is 0 Å². The summed E-state index contributed by atoms with van der Waals surface area (Å²) < 4.78 is 10.6. The van der Waals surface area contributed by atoms with E-state index < -0.39 is 5.54 Å². The monoisotopic (exact) mass is 424 g/mol. The number of aromatic nitrogens is 1. The van der Waals surface area contributed by atoms with Crippen molar-refractivity contribution < 1.29 is 19.1 Å². The maximum atomic E-state index is 12.7. The molecule has 0 aliphatic carbocycles. The lowest BCUT2D eigenvalue weighted by molar-refractivity contribution is -0.128. The molecule has 8 nitrogen and oxygen atoms in total. The smallest absolute Gasteiger partial charge is 0.231 e. The molecular weight excluding hydrogens is 396 g/mol. The van der Waals surface area contributed by atoms with Crippen molar-refractivity contribution in [3.05, 3.63) is 59.4 Å². The quantitative estimate of drug-likeness (QED) is 0.489. The molecule has 8 heteroatoms. The lowest BCUT2D eigenvalue weighted by atomic mass is 9.86. The van der Waals surface area contributed by atoms with Gasteiger partial charge in [0.05, 0.1) is 24.8 Å². The predicted octanol–water partition coefficient (Wildman–Crippen LogP) is 2.31. The van der Waals surface area contributed by atoms with Gasteiger partial charge in [0, 0.05) is 33.6 Å². The van der Waals surface area contributed by atoms with E-state index in [9.17, 15) is 9.59 Å². The Balaban J connectivity index is 1.68. The molecule has 0 spiro atoms. The number of benzene rings is 1. The van der Waals surface area contributed by atoms with E-state index in [1.807, 2.05) is 31.2 Å². The van der Waals surface area contributed by atoms with Crippen molar-refractivity contribution in [2.24, 2.45) is 10.7 Å². The Kier molecular flexibility index (Phi) is 7.02. The third kappa shape index (κ3) is 5.46. The first-order chi connectivity index (χ1) is 14.8. The third-order valence-electron chi connectivity index (χ3n) is 5.27. The molecule has 0 radical (unpaired) electrons. The van der Waals surface area contributed by atoms with E-state index in [1.54, 1.807) is 32.5 Å². The van der Waals surface area contributed by atoms with Gasteiger partial charge in [-0.05, 0) is 30.2 Å². The van der Waals surface area contributed by atoms with Gasteiger partial charge in [-0.1, -0.05) is 24.3 Å². The van der Waals surface area contributed by atoms with E-state index in [-0.39, 0.29) is 30.5 Å². The Hall–Kier alpha value is -3.26. The van der Waals surface area contributed by atoms with Crippen LogP contribution in [0.5, 0.6) is 5.75 Å². The average Bonchev–Trinajstić information content (AvgIpc) is 2.75. The zero-order valence-corrected chi connectivity index (χ0v) is 18.1. The second-order valence-corrected chi connectivity index (χ2v) is 7.75. The van der Waals surface area contributed by atoms with Crippen molar-refractivity contribution in [3.8, 4) is 5.75 Å². The standard InChI is InChI=1S/C23H28N4O4/c1-23(14-21(29)27(2)22(24)26-23)17-7-4-6-16(12-17)13-20(28)19-9-8-18(15-25-19)31-11-5-10-30-3/h4,6-9,12,15H,5,10-11,13-14H2,1-3H3,(H2,24,26). The Labute approximate surface area is 182 Å². The molecule has 1 aromatic carbocycles. The highest BCUT2D eigenvalue weighted by Gasteiger charge is 2.36. The molecule has 0 bridgehead atoms. The van der Waals surface area contributed by atoms with Gasteiger partial charge in [0.2, 0.25) is 5.91 Å². The van der Waals surface area contributed by atoms with Crippen molar-refractivity contribution in [2.45, 2.75) is 31.7 Å².